The number of rotatable bonds is 14. The Balaban J connectivity index is 2.28. The van der Waals surface area contributed by atoms with Crippen molar-refractivity contribution in [2.75, 3.05) is 0 Å². The lowest BCUT2D eigenvalue weighted by Crippen LogP contribution is -2.40. The van der Waals surface area contributed by atoms with Crippen molar-refractivity contribution in [1.29, 1.82) is 0 Å². The first-order valence-electron chi connectivity index (χ1n) is 11.0. The van der Waals surface area contributed by atoms with Crippen molar-refractivity contribution in [3.05, 3.63) is 35.9 Å². The molecule has 5 heteroatoms. The Hall–Kier alpha value is -2.04. The van der Waals surface area contributed by atoms with E-state index >= 15 is 0 Å². The largest absolute Gasteiger partial charge is 0.481 e. The molecule has 0 spiro atoms. The van der Waals surface area contributed by atoms with Gasteiger partial charge in [0.1, 0.15) is 5.60 Å². The molecule has 1 aromatic carbocycles. The van der Waals surface area contributed by atoms with Gasteiger partial charge in [-0.15, -0.1) is 0 Å². The average Bonchev–Trinajstić information content (AvgIpc) is 2.62. The van der Waals surface area contributed by atoms with Crippen LogP contribution in [-0.4, -0.2) is 28.8 Å². The molecule has 0 unspecified atom stereocenters. The molecule has 164 valence electrons. The first-order valence-corrected chi connectivity index (χ1v) is 11.0. The van der Waals surface area contributed by atoms with Gasteiger partial charge in [-0.25, -0.2) is 4.79 Å². The van der Waals surface area contributed by atoms with Crippen LogP contribution in [0.2, 0.25) is 0 Å². The number of benzene rings is 1. The Morgan fingerprint density at radius 3 is 2.03 bits per heavy atom. The average molecular weight is 406 g/mol. The van der Waals surface area contributed by atoms with E-state index in [0.29, 0.717) is 0 Å². The molecule has 0 saturated carbocycles. The van der Waals surface area contributed by atoms with Gasteiger partial charge in [0.2, 0.25) is 0 Å². The lowest BCUT2D eigenvalue weighted by molar-refractivity contribution is -0.137. The van der Waals surface area contributed by atoms with Gasteiger partial charge in [0.05, 0.1) is 0 Å². The molecular weight excluding hydrogens is 366 g/mol. The van der Waals surface area contributed by atoms with Crippen LogP contribution in [0.1, 0.15) is 90.5 Å². The fourth-order valence-electron chi connectivity index (χ4n) is 3.33. The Labute approximate surface area is 176 Å². The molecule has 2 N–H and O–H groups in total. The van der Waals surface area contributed by atoms with Gasteiger partial charge >= 0.3 is 12.1 Å². The van der Waals surface area contributed by atoms with Crippen molar-refractivity contribution in [1.82, 2.24) is 5.32 Å². The molecule has 0 bridgehead atoms. The zero-order valence-corrected chi connectivity index (χ0v) is 18.4. The summed E-state index contributed by atoms with van der Waals surface area (Å²) in [4.78, 5) is 22.7. The number of carboxylic acids is 1. The van der Waals surface area contributed by atoms with Gasteiger partial charge in [0.25, 0.3) is 0 Å². The van der Waals surface area contributed by atoms with Gasteiger partial charge in [0, 0.05) is 12.5 Å². The zero-order valence-electron chi connectivity index (χ0n) is 18.4. The van der Waals surface area contributed by atoms with Crippen molar-refractivity contribution in [3.63, 3.8) is 0 Å². The van der Waals surface area contributed by atoms with Crippen LogP contribution in [0.5, 0.6) is 0 Å². The summed E-state index contributed by atoms with van der Waals surface area (Å²) in [5.41, 5.74) is 0.723. The molecule has 0 heterocycles. The van der Waals surface area contributed by atoms with Crippen LogP contribution in [0.4, 0.5) is 4.79 Å². The fourth-order valence-corrected chi connectivity index (χ4v) is 3.33. The second-order valence-electron chi connectivity index (χ2n) is 8.79. The molecule has 0 radical (unpaired) electrons. The minimum Gasteiger partial charge on any atom is -0.481 e. The molecule has 0 aliphatic rings. The van der Waals surface area contributed by atoms with Gasteiger partial charge in [-0.1, -0.05) is 75.3 Å². The highest BCUT2D eigenvalue weighted by Gasteiger charge is 2.19. The number of amides is 1. The van der Waals surface area contributed by atoms with E-state index in [2.05, 4.69) is 17.4 Å². The standard InChI is InChI=1S/C24H39NO4/c1-24(2,3)29-23(28)25-21(19-20-15-11-10-12-16-20)17-13-8-6-4-5-7-9-14-18-22(26)27/h10-12,15-16,21H,4-9,13-14,17-19H2,1-3H3,(H,25,28)(H,26,27)/t21-/m1/s1. The number of hydrogen-bond acceptors (Lipinski definition) is 3. The number of nitrogens with one attached hydrogen (secondary N) is 1. The number of carboxylic acid groups (broad SMARTS) is 1. The van der Waals surface area contributed by atoms with E-state index in [9.17, 15) is 9.59 Å². The van der Waals surface area contributed by atoms with E-state index in [0.717, 1.165) is 44.9 Å². The molecule has 5 nitrogen and oxygen atoms in total. The van der Waals surface area contributed by atoms with E-state index in [1.807, 2.05) is 39.0 Å². The van der Waals surface area contributed by atoms with Crippen molar-refractivity contribution in [2.45, 2.75) is 103 Å². The molecule has 1 amide bonds. The maximum absolute atomic E-state index is 12.2. The molecule has 0 aliphatic carbocycles. The van der Waals surface area contributed by atoms with E-state index in [1.165, 1.54) is 24.8 Å². The van der Waals surface area contributed by atoms with Crippen molar-refractivity contribution in [2.24, 2.45) is 0 Å². The Morgan fingerprint density at radius 2 is 1.48 bits per heavy atom. The molecule has 1 atom stereocenters. The summed E-state index contributed by atoms with van der Waals surface area (Å²) in [5, 5.41) is 11.7. The number of alkyl carbamates (subject to hydrolysis) is 1. The lowest BCUT2D eigenvalue weighted by atomic mass is 9.99. The molecule has 0 aliphatic heterocycles. The highest BCUT2D eigenvalue weighted by molar-refractivity contribution is 5.68. The second kappa shape index (κ2) is 14.0. The first-order chi connectivity index (χ1) is 13.8. The van der Waals surface area contributed by atoms with Crippen LogP contribution in [-0.2, 0) is 16.0 Å². The van der Waals surface area contributed by atoms with Gasteiger partial charge in [-0.05, 0) is 45.6 Å². The Morgan fingerprint density at radius 1 is 0.931 bits per heavy atom. The summed E-state index contributed by atoms with van der Waals surface area (Å²) in [5.74, 6) is -0.699. The van der Waals surface area contributed by atoms with Crippen LogP contribution >= 0.6 is 0 Å². The number of unbranched alkanes of at least 4 members (excludes halogenated alkanes) is 7. The van der Waals surface area contributed by atoms with Gasteiger partial charge in [0.15, 0.2) is 0 Å². The molecule has 0 saturated heterocycles. The Kier molecular flexibility index (Phi) is 12.1. The van der Waals surface area contributed by atoms with E-state index in [-0.39, 0.29) is 18.6 Å². The smallest absolute Gasteiger partial charge is 0.407 e. The van der Waals surface area contributed by atoms with Crippen LogP contribution in [0.15, 0.2) is 30.3 Å². The van der Waals surface area contributed by atoms with Crippen LogP contribution in [0.25, 0.3) is 0 Å². The molecule has 0 aromatic heterocycles. The SMILES string of the molecule is CC(C)(C)OC(=O)N[C@H](CCCCCCCCCCC(=O)O)Cc1ccccc1. The summed E-state index contributed by atoms with van der Waals surface area (Å²) in [7, 11) is 0. The van der Waals surface area contributed by atoms with Crippen LogP contribution in [0.3, 0.4) is 0 Å². The Bertz CT molecular complexity index is 580. The van der Waals surface area contributed by atoms with Crippen molar-refractivity contribution >= 4 is 12.1 Å². The van der Waals surface area contributed by atoms with E-state index < -0.39 is 11.6 Å². The topological polar surface area (TPSA) is 75.6 Å². The van der Waals surface area contributed by atoms with Gasteiger partial charge in [-0.2, -0.15) is 0 Å². The molecule has 29 heavy (non-hydrogen) atoms. The monoisotopic (exact) mass is 405 g/mol. The summed E-state index contributed by atoms with van der Waals surface area (Å²) in [6.07, 6.45) is 10.4. The normalized spacial score (nSPS) is 12.4. The van der Waals surface area contributed by atoms with Crippen molar-refractivity contribution in [3.8, 4) is 0 Å². The highest BCUT2D eigenvalue weighted by Crippen LogP contribution is 2.15. The zero-order chi connectivity index (χ0) is 21.5. The number of carbonyl (C=O) groups excluding carboxylic acids is 1. The van der Waals surface area contributed by atoms with Gasteiger partial charge < -0.3 is 15.2 Å². The maximum atomic E-state index is 12.2. The molecule has 0 fully saturated rings. The second-order valence-corrected chi connectivity index (χ2v) is 8.79. The summed E-state index contributed by atoms with van der Waals surface area (Å²) >= 11 is 0. The first kappa shape index (κ1) is 25.0. The maximum Gasteiger partial charge on any atom is 0.407 e. The summed E-state index contributed by atoms with van der Waals surface area (Å²) in [6.45, 7) is 5.63. The number of hydrogen-bond donors (Lipinski definition) is 2. The summed E-state index contributed by atoms with van der Waals surface area (Å²) < 4.78 is 5.43. The fraction of sp³-hybridized carbons (Fsp3) is 0.667. The van der Waals surface area contributed by atoms with Crippen LogP contribution in [0, 0.1) is 0 Å². The predicted octanol–water partition coefficient (Wildman–Crippen LogP) is 6.11. The van der Waals surface area contributed by atoms with Gasteiger partial charge in [-0.3, -0.25) is 4.79 Å². The van der Waals surface area contributed by atoms with E-state index in [1.54, 1.807) is 0 Å². The third-order valence-corrected chi connectivity index (χ3v) is 4.74. The molecule has 1 aromatic rings. The molecule has 1 rings (SSSR count). The summed E-state index contributed by atoms with van der Waals surface area (Å²) in [6, 6.07) is 10.3. The lowest BCUT2D eigenvalue weighted by Gasteiger charge is -2.24. The predicted molar refractivity (Wildman–Crippen MR) is 117 cm³/mol. The third-order valence-electron chi connectivity index (χ3n) is 4.74. The number of ether oxygens (including phenoxy) is 1. The highest BCUT2D eigenvalue weighted by atomic mass is 16.6. The van der Waals surface area contributed by atoms with Crippen LogP contribution < -0.4 is 5.32 Å². The number of aliphatic carboxylic acids is 1. The van der Waals surface area contributed by atoms with E-state index in [4.69, 9.17) is 9.84 Å². The minimum atomic E-state index is -0.699. The quantitative estimate of drug-likeness (QED) is 0.366. The minimum absolute atomic E-state index is 0.0725. The van der Waals surface area contributed by atoms with Crippen molar-refractivity contribution < 1.29 is 19.4 Å². The molecular formula is C24H39NO4. The third kappa shape index (κ3) is 14.6. The number of carbonyl (C=O) groups is 2.